The number of thiazole rings is 1. The third-order valence-corrected chi connectivity index (χ3v) is 5.25. The van der Waals surface area contributed by atoms with Crippen LogP contribution < -0.4 is 0 Å². The molecule has 4 rings (SSSR count). The fourth-order valence-electron chi connectivity index (χ4n) is 3.31. The van der Waals surface area contributed by atoms with Gasteiger partial charge in [0.15, 0.2) is 4.96 Å². The molecule has 1 atom stereocenters. The summed E-state index contributed by atoms with van der Waals surface area (Å²) in [5.74, 6) is 1.18. The first-order chi connectivity index (χ1) is 11.2. The highest BCUT2D eigenvalue weighted by molar-refractivity contribution is 7.15. The Labute approximate surface area is 138 Å². The van der Waals surface area contributed by atoms with Crippen molar-refractivity contribution in [1.82, 2.24) is 23.8 Å². The maximum absolute atomic E-state index is 12.6. The van der Waals surface area contributed by atoms with Gasteiger partial charge in [0.25, 0.3) is 0 Å². The SMILES string of the molecule is Cc1nccn1[C@@H]1CCCN(C(=O)Cc2cn3ccsc3n2)C1. The summed E-state index contributed by atoms with van der Waals surface area (Å²) < 4.78 is 4.16. The van der Waals surface area contributed by atoms with Crippen LogP contribution in [0.3, 0.4) is 0 Å². The van der Waals surface area contributed by atoms with E-state index < -0.39 is 0 Å². The van der Waals surface area contributed by atoms with Crippen LogP contribution >= 0.6 is 11.3 Å². The van der Waals surface area contributed by atoms with Crippen molar-refractivity contribution in [2.24, 2.45) is 0 Å². The first-order valence-corrected chi connectivity index (χ1v) is 8.77. The van der Waals surface area contributed by atoms with Crippen LogP contribution in [-0.2, 0) is 11.2 Å². The van der Waals surface area contributed by atoms with E-state index in [1.54, 1.807) is 11.3 Å². The number of likely N-dealkylation sites (tertiary alicyclic amines) is 1. The zero-order chi connectivity index (χ0) is 15.8. The molecule has 3 aromatic heterocycles. The number of hydrogen-bond acceptors (Lipinski definition) is 4. The second-order valence-corrected chi connectivity index (χ2v) is 6.89. The van der Waals surface area contributed by atoms with Crippen LogP contribution in [0.5, 0.6) is 0 Å². The van der Waals surface area contributed by atoms with Crippen molar-refractivity contribution in [2.75, 3.05) is 13.1 Å². The van der Waals surface area contributed by atoms with Gasteiger partial charge in [-0.1, -0.05) is 0 Å². The standard InChI is InChI=1S/C16H19N5OS/c1-12-17-4-6-21(12)14-3-2-5-19(11-14)15(22)9-13-10-20-7-8-23-16(20)18-13/h4,6-8,10,14H,2-3,5,9,11H2,1H3/t14-/m1/s1. The van der Waals surface area contributed by atoms with E-state index in [0.717, 1.165) is 42.4 Å². The molecule has 0 radical (unpaired) electrons. The lowest BCUT2D eigenvalue weighted by Gasteiger charge is -2.33. The molecule has 1 saturated heterocycles. The van der Waals surface area contributed by atoms with E-state index in [2.05, 4.69) is 14.5 Å². The Morgan fingerprint density at radius 3 is 3.13 bits per heavy atom. The van der Waals surface area contributed by atoms with Crippen molar-refractivity contribution in [1.29, 1.82) is 0 Å². The minimum Gasteiger partial charge on any atom is -0.340 e. The largest absolute Gasteiger partial charge is 0.340 e. The van der Waals surface area contributed by atoms with Gasteiger partial charge in [0, 0.05) is 43.3 Å². The minimum atomic E-state index is 0.165. The number of piperidine rings is 1. The zero-order valence-corrected chi connectivity index (χ0v) is 13.9. The zero-order valence-electron chi connectivity index (χ0n) is 13.1. The van der Waals surface area contributed by atoms with E-state index >= 15 is 0 Å². The molecule has 1 amide bonds. The number of rotatable bonds is 3. The second kappa shape index (κ2) is 5.81. The highest BCUT2D eigenvalue weighted by Crippen LogP contribution is 2.23. The van der Waals surface area contributed by atoms with Gasteiger partial charge in [-0.3, -0.25) is 9.20 Å². The fraction of sp³-hybridized carbons (Fsp3) is 0.438. The smallest absolute Gasteiger partial charge is 0.228 e. The van der Waals surface area contributed by atoms with E-state index in [0.29, 0.717) is 12.5 Å². The average Bonchev–Trinajstić information content (AvgIpc) is 3.23. The van der Waals surface area contributed by atoms with Crippen molar-refractivity contribution in [2.45, 2.75) is 32.2 Å². The van der Waals surface area contributed by atoms with Crippen LogP contribution in [0, 0.1) is 6.92 Å². The number of amides is 1. The summed E-state index contributed by atoms with van der Waals surface area (Å²) in [6, 6.07) is 0.334. The van der Waals surface area contributed by atoms with Crippen molar-refractivity contribution >= 4 is 22.2 Å². The quantitative estimate of drug-likeness (QED) is 0.741. The number of carbonyl (C=O) groups excluding carboxylic acids is 1. The normalized spacial score (nSPS) is 18.7. The molecule has 6 nitrogen and oxygen atoms in total. The van der Waals surface area contributed by atoms with E-state index in [1.165, 1.54) is 0 Å². The number of aromatic nitrogens is 4. The Balaban J connectivity index is 1.45. The molecule has 0 spiro atoms. The third kappa shape index (κ3) is 2.76. The van der Waals surface area contributed by atoms with E-state index in [1.807, 2.05) is 46.4 Å². The molecule has 23 heavy (non-hydrogen) atoms. The van der Waals surface area contributed by atoms with Crippen LogP contribution in [0.1, 0.15) is 30.4 Å². The molecular formula is C16H19N5OS. The highest BCUT2D eigenvalue weighted by atomic mass is 32.1. The van der Waals surface area contributed by atoms with Crippen molar-refractivity contribution < 1.29 is 4.79 Å². The molecule has 7 heteroatoms. The lowest BCUT2D eigenvalue weighted by Crippen LogP contribution is -2.41. The Morgan fingerprint density at radius 1 is 1.43 bits per heavy atom. The van der Waals surface area contributed by atoms with Gasteiger partial charge in [-0.05, 0) is 19.8 Å². The molecule has 1 aliphatic rings. The number of aryl methyl sites for hydroxylation is 1. The van der Waals surface area contributed by atoms with Crippen LogP contribution in [-0.4, -0.2) is 42.8 Å². The van der Waals surface area contributed by atoms with Gasteiger partial charge in [0.05, 0.1) is 18.2 Å². The summed E-state index contributed by atoms with van der Waals surface area (Å²) >= 11 is 1.59. The Bertz CT molecular complexity index is 804. The van der Waals surface area contributed by atoms with E-state index in [9.17, 15) is 4.79 Å². The predicted molar refractivity (Wildman–Crippen MR) is 88.6 cm³/mol. The minimum absolute atomic E-state index is 0.165. The summed E-state index contributed by atoms with van der Waals surface area (Å²) in [6.45, 7) is 3.61. The van der Waals surface area contributed by atoms with Crippen molar-refractivity contribution in [3.05, 3.63) is 41.7 Å². The van der Waals surface area contributed by atoms with Gasteiger partial charge in [0.2, 0.25) is 5.91 Å². The van der Waals surface area contributed by atoms with Crippen LogP contribution in [0.2, 0.25) is 0 Å². The summed E-state index contributed by atoms with van der Waals surface area (Å²) in [5.41, 5.74) is 0.850. The monoisotopic (exact) mass is 329 g/mol. The van der Waals surface area contributed by atoms with Crippen LogP contribution in [0.15, 0.2) is 30.2 Å². The fourth-order valence-corrected chi connectivity index (χ4v) is 4.03. The first kappa shape index (κ1) is 14.4. The second-order valence-electron chi connectivity index (χ2n) is 6.02. The number of imidazole rings is 2. The third-order valence-electron chi connectivity index (χ3n) is 4.48. The lowest BCUT2D eigenvalue weighted by molar-refractivity contribution is -0.132. The molecule has 0 saturated carbocycles. The number of fused-ring (bicyclic) bond motifs is 1. The van der Waals surface area contributed by atoms with Gasteiger partial charge in [-0.25, -0.2) is 9.97 Å². The first-order valence-electron chi connectivity index (χ1n) is 7.89. The molecule has 3 aromatic rings. The van der Waals surface area contributed by atoms with Crippen molar-refractivity contribution in [3.63, 3.8) is 0 Å². The molecule has 0 bridgehead atoms. The maximum Gasteiger partial charge on any atom is 0.228 e. The van der Waals surface area contributed by atoms with E-state index in [4.69, 9.17) is 0 Å². The Hall–Kier alpha value is -2.15. The molecule has 1 fully saturated rings. The van der Waals surface area contributed by atoms with E-state index in [-0.39, 0.29) is 5.91 Å². The predicted octanol–water partition coefficient (Wildman–Crippen LogP) is 2.31. The average molecular weight is 329 g/mol. The molecule has 0 unspecified atom stereocenters. The molecule has 1 aliphatic heterocycles. The summed E-state index contributed by atoms with van der Waals surface area (Å²) in [7, 11) is 0. The van der Waals surface area contributed by atoms with Crippen LogP contribution in [0.25, 0.3) is 4.96 Å². The van der Waals surface area contributed by atoms with Crippen LogP contribution in [0.4, 0.5) is 0 Å². The van der Waals surface area contributed by atoms with Crippen molar-refractivity contribution in [3.8, 4) is 0 Å². The summed E-state index contributed by atoms with van der Waals surface area (Å²) in [5, 5.41) is 2.00. The molecule has 0 aromatic carbocycles. The van der Waals surface area contributed by atoms with Gasteiger partial charge < -0.3 is 9.47 Å². The Morgan fingerprint density at radius 2 is 2.35 bits per heavy atom. The topological polar surface area (TPSA) is 55.4 Å². The van der Waals surface area contributed by atoms with Gasteiger partial charge in [-0.15, -0.1) is 11.3 Å². The lowest BCUT2D eigenvalue weighted by atomic mass is 10.0. The van der Waals surface area contributed by atoms with Gasteiger partial charge >= 0.3 is 0 Å². The number of hydrogen-bond donors (Lipinski definition) is 0. The van der Waals surface area contributed by atoms with Gasteiger partial charge in [-0.2, -0.15) is 0 Å². The highest BCUT2D eigenvalue weighted by Gasteiger charge is 2.25. The Kier molecular flexibility index (Phi) is 3.65. The molecule has 120 valence electrons. The molecule has 4 heterocycles. The maximum atomic E-state index is 12.6. The number of nitrogens with zero attached hydrogens (tertiary/aromatic N) is 5. The molecule has 0 N–H and O–H groups in total. The molecular weight excluding hydrogens is 310 g/mol. The molecule has 0 aliphatic carbocycles. The number of carbonyl (C=O) groups is 1. The summed E-state index contributed by atoms with van der Waals surface area (Å²) in [6.07, 6.45) is 10.3. The summed E-state index contributed by atoms with van der Waals surface area (Å²) in [4.78, 5) is 24.3. The van der Waals surface area contributed by atoms with Gasteiger partial charge in [0.1, 0.15) is 5.82 Å².